The van der Waals surface area contributed by atoms with Crippen molar-refractivity contribution in [3.63, 3.8) is 0 Å². The van der Waals surface area contributed by atoms with Gasteiger partial charge in [0.1, 0.15) is 10.6 Å². The molecule has 0 saturated carbocycles. The lowest BCUT2D eigenvalue weighted by Gasteiger charge is -2.18. The van der Waals surface area contributed by atoms with Crippen LogP contribution in [0.3, 0.4) is 0 Å². The predicted molar refractivity (Wildman–Crippen MR) is 112 cm³/mol. The fourth-order valence-electron chi connectivity index (χ4n) is 3.63. The Bertz CT molecular complexity index is 1130. The fraction of sp³-hybridized carbons (Fsp3) is 0.381. The molecule has 0 spiro atoms. The summed E-state index contributed by atoms with van der Waals surface area (Å²) in [5, 5.41) is 9.90. The standard InChI is InChI=1S/C21H20FN3OS2/c1-13-8-9-14-17(12-13)28-19-18(14)20(26)25(16-7-3-2-6-15(16)22)21(24-19)27-11-5-4-10-23/h2-3,6-7,13H,4-5,8-9,11-12H2,1H3. The Labute approximate surface area is 171 Å². The van der Waals surface area contributed by atoms with Gasteiger partial charge in [-0.3, -0.25) is 9.36 Å². The van der Waals surface area contributed by atoms with Gasteiger partial charge in [-0.25, -0.2) is 9.37 Å². The summed E-state index contributed by atoms with van der Waals surface area (Å²) in [5.74, 6) is 0.818. The SMILES string of the molecule is CC1CCc2c(sc3nc(SCCCC#N)n(-c4ccccc4F)c(=O)c23)C1. The van der Waals surface area contributed by atoms with Gasteiger partial charge in [0.25, 0.3) is 5.56 Å². The maximum Gasteiger partial charge on any atom is 0.267 e. The number of thiophene rings is 1. The minimum atomic E-state index is -0.442. The van der Waals surface area contributed by atoms with Crippen LogP contribution in [0.15, 0.2) is 34.2 Å². The van der Waals surface area contributed by atoms with Crippen LogP contribution in [0.2, 0.25) is 0 Å². The Morgan fingerprint density at radius 2 is 2.25 bits per heavy atom. The van der Waals surface area contributed by atoms with E-state index in [0.29, 0.717) is 35.1 Å². The number of aryl methyl sites for hydroxylation is 1. The second-order valence-corrected chi connectivity index (χ2v) is 9.27. The fourth-order valence-corrected chi connectivity index (χ4v) is 6.00. The molecule has 4 nitrogen and oxygen atoms in total. The molecular weight excluding hydrogens is 393 g/mol. The normalized spacial score (nSPS) is 16.1. The van der Waals surface area contributed by atoms with Crippen LogP contribution in [-0.2, 0) is 12.8 Å². The number of fused-ring (bicyclic) bond motifs is 3. The summed E-state index contributed by atoms with van der Waals surface area (Å²) in [4.78, 5) is 20.3. The van der Waals surface area contributed by atoms with Crippen molar-refractivity contribution in [3.8, 4) is 11.8 Å². The van der Waals surface area contributed by atoms with Gasteiger partial charge in [0, 0.05) is 17.1 Å². The average molecular weight is 414 g/mol. The van der Waals surface area contributed by atoms with Gasteiger partial charge in [-0.1, -0.05) is 30.8 Å². The van der Waals surface area contributed by atoms with E-state index >= 15 is 0 Å². The molecule has 1 unspecified atom stereocenters. The van der Waals surface area contributed by atoms with Crippen molar-refractivity contribution in [3.05, 3.63) is 50.9 Å². The minimum absolute atomic E-state index is 0.190. The zero-order chi connectivity index (χ0) is 19.7. The summed E-state index contributed by atoms with van der Waals surface area (Å²) in [7, 11) is 0. The molecule has 1 aromatic carbocycles. The van der Waals surface area contributed by atoms with Crippen molar-refractivity contribution in [2.75, 3.05) is 5.75 Å². The Morgan fingerprint density at radius 3 is 3.04 bits per heavy atom. The third-order valence-corrected chi connectivity index (χ3v) is 7.23. The monoisotopic (exact) mass is 413 g/mol. The van der Waals surface area contributed by atoms with Crippen LogP contribution in [0.25, 0.3) is 15.9 Å². The van der Waals surface area contributed by atoms with Gasteiger partial charge in [0.05, 0.1) is 17.1 Å². The van der Waals surface area contributed by atoms with Gasteiger partial charge in [-0.2, -0.15) is 5.26 Å². The van der Waals surface area contributed by atoms with Crippen molar-refractivity contribution in [1.29, 1.82) is 5.26 Å². The largest absolute Gasteiger partial charge is 0.268 e. The summed E-state index contributed by atoms with van der Waals surface area (Å²) >= 11 is 3.01. The van der Waals surface area contributed by atoms with Crippen LogP contribution in [0, 0.1) is 23.1 Å². The van der Waals surface area contributed by atoms with E-state index in [1.165, 1.54) is 27.3 Å². The molecule has 0 N–H and O–H groups in total. The van der Waals surface area contributed by atoms with Gasteiger partial charge in [-0.05, 0) is 49.3 Å². The van der Waals surface area contributed by atoms with Crippen LogP contribution >= 0.6 is 23.1 Å². The second-order valence-electron chi connectivity index (χ2n) is 7.13. The first kappa shape index (κ1) is 19.2. The summed E-state index contributed by atoms with van der Waals surface area (Å²) in [6.07, 6.45) is 4.05. The van der Waals surface area contributed by atoms with Crippen molar-refractivity contribution in [2.24, 2.45) is 5.92 Å². The van der Waals surface area contributed by atoms with Crippen LogP contribution in [0.1, 0.15) is 36.6 Å². The van der Waals surface area contributed by atoms with E-state index in [1.54, 1.807) is 29.5 Å². The molecular formula is C21H20FN3OS2. The van der Waals surface area contributed by atoms with Crippen molar-refractivity contribution >= 4 is 33.3 Å². The van der Waals surface area contributed by atoms with Crippen molar-refractivity contribution in [2.45, 2.75) is 44.2 Å². The quantitative estimate of drug-likeness (QED) is 0.331. The number of thioether (sulfide) groups is 1. The van der Waals surface area contributed by atoms with E-state index in [4.69, 9.17) is 10.2 Å². The maximum absolute atomic E-state index is 14.6. The van der Waals surface area contributed by atoms with E-state index in [1.807, 2.05) is 0 Å². The highest BCUT2D eigenvalue weighted by Gasteiger charge is 2.25. The molecule has 0 saturated heterocycles. The van der Waals surface area contributed by atoms with Crippen molar-refractivity contribution in [1.82, 2.24) is 9.55 Å². The average Bonchev–Trinajstić information content (AvgIpc) is 3.04. The molecule has 1 aliphatic carbocycles. The zero-order valence-electron chi connectivity index (χ0n) is 15.6. The number of rotatable bonds is 5. The number of hydrogen-bond acceptors (Lipinski definition) is 5. The maximum atomic E-state index is 14.6. The lowest BCUT2D eigenvalue weighted by Crippen LogP contribution is -2.23. The Kier molecular flexibility index (Phi) is 5.51. The number of nitrogens with zero attached hydrogens (tertiary/aromatic N) is 3. The molecule has 0 bridgehead atoms. The van der Waals surface area contributed by atoms with E-state index in [9.17, 15) is 9.18 Å². The molecule has 0 aliphatic heterocycles. The lowest BCUT2D eigenvalue weighted by atomic mass is 9.89. The van der Waals surface area contributed by atoms with Gasteiger partial charge < -0.3 is 0 Å². The van der Waals surface area contributed by atoms with Crippen LogP contribution in [0.5, 0.6) is 0 Å². The molecule has 1 atom stereocenters. The molecule has 0 amide bonds. The summed E-state index contributed by atoms with van der Waals surface area (Å²) in [5.41, 5.74) is 1.14. The summed E-state index contributed by atoms with van der Waals surface area (Å²) in [6, 6.07) is 8.45. The molecule has 7 heteroatoms. The second kappa shape index (κ2) is 8.06. The highest BCUT2D eigenvalue weighted by atomic mass is 32.2. The number of unbranched alkanes of at least 4 members (excludes halogenated alkanes) is 1. The third kappa shape index (κ3) is 3.47. The first-order valence-electron chi connectivity index (χ1n) is 9.42. The Hall–Kier alpha value is -2.17. The van der Waals surface area contributed by atoms with Gasteiger partial charge in [0.2, 0.25) is 0 Å². The molecule has 0 radical (unpaired) electrons. The molecule has 4 rings (SSSR count). The van der Waals surface area contributed by atoms with Crippen molar-refractivity contribution < 1.29 is 4.39 Å². The molecule has 144 valence electrons. The van der Waals surface area contributed by atoms with Gasteiger partial charge >= 0.3 is 0 Å². The van der Waals surface area contributed by atoms with Crippen LogP contribution < -0.4 is 5.56 Å². The molecule has 2 aromatic heterocycles. The number of benzene rings is 1. The number of aromatic nitrogens is 2. The Morgan fingerprint density at radius 1 is 1.43 bits per heavy atom. The predicted octanol–water partition coefficient (Wildman–Crippen LogP) is 5.11. The topological polar surface area (TPSA) is 58.7 Å². The van der Waals surface area contributed by atoms with Crippen LogP contribution in [-0.4, -0.2) is 15.3 Å². The number of halogens is 1. The molecule has 2 heterocycles. The molecule has 0 fully saturated rings. The summed E-state index contributed by atoms with van der Waals surface area (Å²) < 4.78 is 16.0. The lowest BCUT2D eigenvalue weighted by molar-refractivity contribution is 0.509. The highest BCUT2D eigenvalue weighted by Crippen LogP contribution is 2.37. The minimum Gasteiger partial charge on any atom is -0.268 e. The number of nitriles is 1. The highest BCUT2D eigenvalue weighted by molar-refractivity contribution is 7.99. The third-order valence-electron chi connectivity index (χ3n) is 5.06. The van der Waals surface area contributed by atoms with E-state index < -0.39 is 5.82 Å². The molecule has 3 aromatic rings. The van der Waals surface area contributed by atoms with Gasteiger partial charge in [0.15, 0.2) is 5.16 Å². The molecule has 1 aliphatic rings. The van der Waals surface area contributed by atoms with E-state index in [2.05, 4.69) is 13.0 Å². The first-order valence-corrected chi connectivity index (χ1v) is 11.2. The smallest absolute Gasteiger partial charge is 0.267 e. The zero-order valence-corrected chi connectivity index (χ0v) is 17.2. The summed E-state index contributed by atoms with van der Waals surface area (Å²) in [6.45, 7) is 2.23. The van der Waals surface area contributed by atoms with Crippen LogP contribution in [0.4, 0.5) is 4.39 Å². The number of para-hydroxylation sites is 1. The molecule has 28 heavy (non-hydrogen) atoms. The first-order chi connectivity index (χ1) is 13.6. The number of hydrogen-bond donors (Lipinski definition) is 0. The Balaban J connectivity index is 1.90. The van der Waals surface area contributed by atoms with Gasteiger partial charge in [-0.15, -0.1) is 11.3 Å². The van der Waals surface area contributed by atoms with E-state index in [-0.39, 0.29) is 11.2 Å². The van der Waals surface area contributed by atoms with E-state index in [0.717, 1.165) is 29.7 Å².